The molecule has 0 heterocycles. The number of methoxy groups -OCH3 is 1. The number of amides is 1. The second kappa shape index (κ2) is 5.96. The van der Waals surface area contributed by atoms with E-state index in [0.717, 1.165) is 4.47 Å². The molecule has 0 bridgehead atoms. The molecule has 104 valence electrons. The Hall–Kier alpha value is -2.01. The molecule has 1 amide bonds. The number of carbonyl (C=O) groups is 1. The molecule has 0 spiro atoms. The molecule has 0 atom stereocenters. The number of phenols is 1. The molecule has 2 aromatic rings. The van der Waals surface area contributed by atoms with Gasteiger partial charge in [0, 0.05) is 16.2 Å². The first-order valence-corrected chi connectivity index (χ1v) is 6.75. The molecule has 0 saturated carbocycles. The zero-order valence-corrected chi connectivity index (χ0v) is 12.7. The van der Waals surface area contributed by atoms with E-state index in [1.807, 2.05) is 0 Å². The molecule has 0 saturated heterocycles. The third kappa shape index (κ3) is 3.11. The number of carbonyl (C=O) groups excluding carboxylic acids is 1. The summed E-state index contributed by atoms with van der Waals surface area (Å²) >= 11 is 3.35. The van der Waals surface area contributed by atoms with Crippen molar-refractivity contribution in [1.29, 1.82) is 0 Å². The lowest BCUT2D eigenvalue weighted by atomic mass is 10.1. The van der Waals surface area contributed by atoms with E-state index in [2.05, 4.69) is 21.2 Å². The van der Waals surface area contributed by atoms with Crippen LogP contribution in [0.4, 0.5) is 5.69 Å². The molecule has 2 N–H and O–H groups in total. The standard InChI is InChI=1S/C15H14BrNO3/c1-9-4-3-5-13(14(9)18)15(19)17-11-6-10(16)7-12(8-11)20-2/h3-8,18H,1-2H3,(H,17,19). The highest BCUT2D eigenvalue weighted by Crippen LogP contribution is 2.26. The summed E-state index contributed by atoms with van der Waals surface area (Å²) in [6.07, 6.45) is 0. The Morgan fingerprint density at radius 2 is 2.05 bits per heavy atom. The first kappa shape index (κ1) is 14.4. The molecule has 0 aliphatic carbocycles. The van der Waals surface area contributed by atoms with Crippen LogP contribution >= 0.6 is 15.9 Å². The molecule has 0 fully saturated rings. The molecule has 0 aromatic heterocycles. The molecule has 0 unspecified atom stereocenters. The van der Waals surface area contributed by atoms with Crippen LogP contribution in [0.3, 0.4) is 0 Å². The number of aryl methyl sites for hydroxylation is 1. The van der Waals surface area contributed by atoms with Crippen molar-refractivity contribution in [3.05, 3.63) is 52.0 Å². The Labute approximate surface area is 125 Å². The Morgan fingerprint density at radius 1 is 1.30 bits per heavy atom. The summed E-state index contributed by atoms with van der Waals surface area (Å²) in [7, 11) is 1.56. The van der Waals surface area contributed by atoms with E-state index in [-0.39, 0.29) is 17.2 Å². The van der Waals surface area contributed by atoms with Gasteiger partial charge in [-0.25, -0.2) is 0 Å². The Bertz CT molecular complexity index is 656. The minimum absolute atomic E-state index is 0.00744. The third-order valence-corrected chi connectivity index (χ3v) is 3.31. The van der Waals surface area contributed by atoms with Gasteiger partial charge in [-0.15, -0.1) is 0 Å². The van der Waals surface area contributed by atoms with Crippen molar-refractivity contribution >= 4 is 27.5 Å². The van der Waals surface area contributed by atoms with E-state index in [1.54, 1.807) is 50.4 Å². The highest BCUT2D eigenvalue weighted by atomic mass is 79.9. The van der Waals surface area contributed by atoms with Crippen LogP contribution in [0.15, 0.2) is 40.9 Å². The zero-order valence-electron chi connectivity index (χ0n) is 11.1. The Kier molecular flexibility index (Phi) is 4.29. The molecule has 20 heavy (non-hydrogen) atoms. The molecule has 4 nitrogen and oxygen atoms in total. The maximum Gasteiger partial charge on any atom is 0.259 e. The van der Waals surface area contributed by atoms with Gasteiger partial charge in [-0.3, -0.25) is 4.79 Å². The molecular formula is C15H14BrNO3. The third-order valence-electron chi connectivity index (χ3n) is 2.85. The van der Waals surface area contributed by atoms with Crippen LogP contribution in [0.25, 0.3) is 0 Å². The number of para-hydroxylation sites is 1. The van der Waals surface area contributed by atoms with E-state index in [1.165, 1.54) is 0 Å². The summed E-state index contributed by atoms with van der Waals surface area (Å²) in [5.41, 5.74) is 1.48. The summed E-state index contributed by atoms with van der Waals surface area (Å²) in [5, 5.41) is 12.6. The maximum atomic E-state index is 12.2. The van der Waals surface area contributed by atoms with Gasteiger partial charge in [-0.2, -0.15) is 0 Å². The number of hydrogen-bond donors (Lipinski definition) is 2. The van der Waals surface area contributed by atoms with Crippen molar-refractivity contribution in [2.75, 3.05) is 12.4 Å². The molecule has 5 heteroatoms. The van der Waals surface area contributed by atoms with Gasteiger partial charge in [0.15, 0.2) is 0 Å². The molecule has 0 aliphatic heterocycles. The SMILES string of the molecule is COc1cc(Br)cc(NC(=O)c2cccc(C)c2O)c1. The molecule has 0 aliphatic rings. The summed E-state index contributed by atoms with van der Waals surface area (Å²) in [6, 6.07) is 10.3. The summed E-state index contributed by atoms with van der Waals surface area (Å²) in [5.74, 6) is 0.251. The monoisotopic (exact) mass is 335 g/mol. The van der Waals surface area contributed by atoms with E-state index < -0.39 is 0 Å². The Balaban J connectivity index is 2.28. The zero-order chi connectivity index (χ0) is 14.7. The number of ether oxygens (including phenoxy) is 1. The lowest BCUT2D eigenvalue weighted by Crippen LogP contribution is -2.12. The number of benzene rings is 2. The van der Waals surface area contributed by atoms with Crippen molar-refractivity contribution in [2.45, 2.75) is 6.92 Å². The fourth-order valence-electron chi connectivity index (χ4n) is 1.79. The van der Waals surface area contributed by atoms with Gasteiger partial charge >= 0.3 is 0 Å². The fourth-order valence-corrected chi connectivity index (χ4v) is 2.27. The second-order valence-corrected chi connectivity index (χ2v) is 5.22. The predicted octanol–water partition coefficient (Wildman–Crippen LogP) is 3.72. The first-order valence-electron chi connectivity index (χ1n) is 5.96. The molecule has 2 rings (SSSR count). The minimum Gasteiger partial charge on any atom is -0.507 e. The molecular weight excluding hydrogens is 322 g/mol. The van der Waals surface area contributed by atoms with E-state index in [4.69, 9.17) is 4.74 Å². The minimum atomic E-state index is -0.369. The smallest absolute Gasteiger partial charge is 0.259 e. The lowest BCUT2D eigenvalue weighted by molar-refractivity contribution is 0.102. The maximum absolute atomic E-state index is 12.2. The van der Waals surface area contributed by atoms with Gasteiger partial charge in [0.25, 0.3) is 5.91 Å². The summed E-state index contributed by atoms with van der Waals surface area (Å²) in [4.78, 5) is 12.2. The van der Waals surface area contributed by atoms with Crippen LogP contribution < -0.4 is 10.1 Å². The second-order valence-electron chi connectivity index (χ2n) is 4.30. The fraction of sp³-hybridized carbons (Fsp3) is 0.133. The van der Waals surface area contributed by atoms with Crippen molar-refractivity contribution in [3.63, 3.8) is 0 Å². The van der Waals surface area contributed by atoms with Crippen LogP contribution in [0.5, 0.6) is 11.5 Å². The van der Waals surface area contributed by atoms with Crippen LogP contribution in [-0.4, -0.2) is 18.1 Å². The van der Waals surface area contributed by atoms with Gasteiger partial charge in [0.05, 0.1) is 12.7 Å². The highest BCUT2D eigenvalue weighted by molar-refractivity contribution is 9.10. The number of hydrogen-bond acceptors (Lipinski definition) is 3. The van der Waals surface area contributed by atoms with Gasteiger partial charge in [-0.05, 0) is 30.7 Å². The van der Waals surface area contributed by atoms with Crippen LogP contribution in [0.2, 0.25) is 0 Å². The number of phenolic OH excluding ortho intramolecular Hbond substituents is 1. The van der Waals surface area contributed by atoms with E-state index in [0.29, 0.717) is 17.0 Å². The lowest BCUT2D eigenvalue weighted by Gasteiger charge is -2.10. The van der Waals surface area contributed by atoms with Crippen LogP contribution in [0.1, 0.15) is 15.9 Å². The average Bonchev–Trinajstić information content (AvgIpc) is 2.41. The van der Waals surface area contributed by atoms with E-state index in [9.17, 15) is 9.90 Å². The number of halogens is 1. The number of rotatable bonds is 3. The molecule has 2 aromatic carbocycles. The summed E-state index contributed by atoms with van der Waals surface area (Å²) < 4.78 is 5.93. The largest absolute Gasteiger partial charge is 0.507 e. The van der Waals surface area contributed by atoms with Crippen LogP contribution in [0, 0.1) is 6.92 Å². The van der Waals surface area contributed by atoms with Gasteiger partial charge < -0.3 is 15.2 Å². The van der Waals surface area contributed by atoms with Crippen LogP contribution in [-0.2, 0) is 0 Å². The number of anilines is 1. The summed E-state index contributed by atoms with van der Waals surface area (Å²) in [6.45, 7) is 1.74. The average molecular weight is 336 g/mol. The topological polar surface area (TPSA) is 58.6 Å². The predicted molar refractivity (Wildman–Crippen MR) is 81.5 cm³/mol. The quantitative estimate of drug-likeness (QED) is 0.898. The van der Waals surface area contributed by atoms with E-state index >= 15 is 0 Å². The highest BCUT2D eigenvalue weighted by Gasteiger charge is 2.13. The van der Waals surface area contributed by atoms with Crippen molar-refractivity contribution < 1.29 is 14.6 Å². The van der Waals surface area contributed by atoms with Gasteiger partial charge in [-0.1, -0.05) is 28.1 Å². The van der Waals surface area contributed by atoms with Crippen molar-refractivity contribution in [3.8, 4) is 11.5 Å². The van der Waals surface area contributed by atoms with Crippen molar-refractivity contribution in [2.24, 2.45) is 0 Å². The van der Waals surface area contributed by atoms with Gasteiger partial charge in [0.1, 0.15) is 11.5 Å². The number of nitrogens with one attached hydrogen (secondary N) is 1. The Morgan fingerprint density at radius 3 is 2.75 bits per heavy atom. The first-order chi connectivity index (χ1) is 9.51. The number of aromatic hydroxyl groups is 1. The van der Waals surface area contributed by atoms with Crippen molar-refractivity contribution in [1.82, 2.24) is 0 Å². The van der Waals surface area contributed by atoms with Gasteiger partial charge in [0.2, 0.25) is 0 Å². The molecule has 0 radical (unpaired) electrons. The normalized spacial score (nSPS) is 10.2.